The number of aliphatic hydroxyl groups is 3. The predicted octanol–water partition coefficient (Wildman–Crippen LogP) is 5.91. The summed E-state index contributed by atoms with van der Waals surface area (Å²) in [5.74, 6) is 0. The van der Waals surface area contributed by atoms with Gasteiger partial charge in [-0.25, -0.2) is 13.2 Å². The summed E-state index contributed by atoms with van der Waals surface area (Å²) in [7, 11) is 0. The largest absolute Gasteiger partial charge is 0.391 e. The molecule has 42 heavy (non-hydrogen) atoms. The van der Waals surface area contributed by atoms with Crippen molar-refractivity contribution in [2.24, 2.45) is 0 Å². The van der Waals surface area contributed by atoms with Gasteiger partial charge in [-0.3, -0.25) is 14.7 Å². The van der Waals surface area contributed by atoms with Gasteiger partial charge in [0, 0.05) is 76.7 Å². The van der Waals surface area contributed by atoms with Crippen LogP contribution in [-0.2, 0) is 0 Å². The van der Waals surface area contributed by atoms with Gasteiger partial charge < -0.3 is 15.3 Å². The molecule has 1 saturated heterocycles. The molecule has 252 valence electrons. The molecule has 6 atom stereocenters. The zero-order chi connectivity index (χ0) is 32.3. The molecule has 0 aromatic carbocycles. The van der Waals surface area contributed by atoms with E-state index in [9.17, 15) is 28.5 Å². The Labute approximate surface area is 256 Å². The molecule has 0 aromatic heterocycles. The van der Waals surface area contributed by atoms with E-state index in [0.717, 1.165) is 19.3 Å². The van der Waals surface area contributed by atoms with Crippen LogP contribution in [0.3, 0.4) is 0 Å². The van der Waals surface area contributed by atoms with Gasteiger partial charge in [-0.1, -0.05) is 40.0 Å². The maximum Gasteiger partial charge on any atom is 0.108 e. The monoisotopic (exact) mass is 610 g/mol. The van der Waals surface area contributed by atoms with Crippen LogP contribution < -0.4 is 0 Å². The number of hydrogen-bond donors (Lipinski definition) is 3. The van der Waals surface area contributed by atoms with Crippen LogP contribution in [0.1, 0.15) is 120 Å². The van der Waals surface area contributed by atoms with Crippen LogP contribution >= 0.6 is 0 Å². The van der Waals surface area contributed by atoms with Gasteiger partial charge >= 0.3 is 0 Å². The first-order valence-corrected chi connectivity index (χ1v) is 16.6. The average molecular weight is 610 g/mol. The maximum absolute atomic E-state index is 14.7. The summed E-state index contributed by atoms with van der Waals surface area (Å²) in [6.07, 6.45) is 2.22. The van der Waals surface area contributed by atoms with E-state index in [1.165, 1.54) is 41.5 Å². The summed E-state index contributed by atoms with van der Waals surface area (Å²) >= 11 is 0. The van der Waals surface area contributed by atoms with Crippen LogP contribution in [0, 0.1) is 0 Å². The van der Waals surface area contributed by atoms with Crippen molar-refractivity contribution in [3.8, 4) is 0 Å². The highest BCUT2D eigenvalue weighted by atomic mass is 19.2. The van der Waals surface area contributed by atoms with Crippen molar-refractivity contribution in [1.29, 1.82) is 0 Å². The molecule has 0 bridgehead atoms. The molecule has 1 rings (SSSR count). The molecule has 6 unspecified atom stereocenters. The van der Waals surface area contributed by atoms with Crippen molar-refractivity contribution in [2.75, 3.05) is 39.3 Å². The molecule has 1 aliphatic heterocycles. The molecule has 6 nitrogen and oxygen atoms in total. The molecule has 0 aromatic rings. The van der Waals surface area contributed by atoms with Gasteiger partial charge in [0.2, 0.25) is 0 Å². The summed E-state index contributed by atoms with van der Waals surface area (Å²) in [6, 6.07) is -0.735. The van der Waals surface area contributed by atoms with Crippen molar-refractivity contribution in [1.82, 2.24) is 14.7 Å². The SMILES string of the molecule is CCCC(C(O)CC(C)(C)F)N1CCN(C(CCC)C(O)CC(C)(C)F)CCN(C(CCC)C(O)CC(C)(C)F)CC1. The van der Waals surface area contributed by atoms with Crippen molar-refractivity contribution in [2.45, 2.75) is 174 Å². The fourth-order valence-electron chi connectivity index (χ4n) is 6.74. The number of nitrogens with zero attached hydrogens (tertiary/aromatic N) is 3. The zero-order valence-electron chi connectivity index (χ0n) is 28.4. The van der Waals surface area contributed by atoms with E-state index in [1.807, 2.05) is 0 Å². The topological polar surface area (TPSA) is 70.4 Å². The first-order chi connectivity index (χ1) is 19.3. The molecular weight excluding hydrogens is 543 g/mol. The highest BCUT2D eigenvalue weighted by Gasteiger charge is 2.37. The Balaban J connectivity index is 3.47. The van der Waals surface area contributed by atoms with E-state index in [2.05, 4.69) is 35.5 Å². The highest BCUT2D eigenvalue weighted by molar-refractivity contribution is 4.91. The fourth-order valence-corrected chi connectivity index (χ4v) is 6.74. The number of hydrogen-bond acceptors (Lipinski definition) is 6. The van der Waals surface area contributed by atoms with E-state index in [1.54, 1.807) is 0 Å². The minimum atomic E-state index is -1.51. The first-order valence-electron chi connectivity index (χ1n) is 16.6. The lowest BCUT2D eigenvalue weighted by atomic mass is 9.93. The predicted molar refractivity (Wildman–Crippen MR) is 168 cm³/mol. The van der Waals surface area contributed by atoms with Crippen LogP contribution in [0.25, 0.3) is 0 Å². The minimum Gasteiger partial charge on any atom is -0.391 e. The second-order valence-electron chi connectivity index (χ2n) is 14.6. The molecule has 0 spiro atoms. The molecule has 1 heterocycles. The van der Waals surface area contributed by atoms with E-state index < -0.39 is 35.3 Å². The van der Waals surface area contributed by atoms with Crippen LogP contribution in [-0.4, -0.2) is 123 Å². The van der Waals surface area contributed by atoms with Crippen molar-refractivity contribution < 1.29 is 28.5 Å². The van der Waals surface area contributed by atoms with Crippen LogP contribution in [0.15, 0.2) is 0 Å². The lowest BCUT2D eigenvalue weighted by molar-refractivity contribution is -0.0108. The third-order valence-electron chi connectivity index (χ3n) is 8.60. The molecule has 1 fully saturated rings. The lowest BCUT2D eigenvalue weighted by Crippen LogP contribution is -2.52. The lowest BCUT2D eigenvalue weighted by Gasteiger charge is -2.39. The Hall–Kier alpha value is -0.450. The molecule has 0 saturated carbocycles. The van der Waals surface area contributed by atoms with Gasteiger partial charge in [-0.15, -0.1) is 0 Å². The molecule has 1 aliphatic rings. The van der Waals surface area contributed by atoms with Gasteiger partial charge in [-0.2, -0.15) is 0 Å². The average Bonchev–Trinajstić information content (AvgIpc) is 2.91. The van der Waals surface area contributed by atoms with E-state index in [0.29, 0.717) is 58.5 Å². The van der Waals surface area contributed by atoms with E-state index in [4.69, 9.17) is 0 Å². The Bertz CT molecular complexity index is 619. The smallest absolute Gasteiger partial charge is 0.108 e. The van der Waals surface area contributed by atoms with Gasteiger partial charge in [0.05, 0.1) is 18.3 Å². The van der Waals surface area contributed by atoms with Crippen molar-refractivity contribution in [3.63, 3.8) is 0 Å². The van der Waals surface area contributed by atoms with Gasteiger partial charge in [0.25, 0.3) is 0 Å². The molecule has 9 heteroatoms. The van der Waals surface area contributed by atoms with E-state index in [-0.39, 0.29) is 37.4 Å². The van der Waals surface area contributed by atoms with Crippen molar-refractivity contribution in [3.05, 3.63) is 0 Å². The molecule has 3 N–H and O–H groups in total. The van der Waals surface area contributed by atoms with Gasteiger partial charge in [0.15, 0.2) is 0 Å². The highest BCUT2D eigenvalue weighted by Crippen LogP contribution is 2.27. The standard InChI is InChI=1S/C33H66F3N3O3/c1-10-13-25(28(40)22-31(4,5)34)37-16-18-38(26(14-11-2)29(41)23-32(6,7)35)20-21-39(19-17-37)27(15-12-3)30(42)24-33(8,9)36/h25-30,40-42H,10-24H2,1-9H3. The number of halogens is 3. The number of rotatable bonds is 18. The summed E-state index contributed by atoms with van der Waals surface area (Å²) in [4.78, 5) is 6.73. The third-order valence-corrected chi connectivity index (χ3v) is 8.60. The summed E-state index contributed by atoms with van der Waals surface area (Å²) in [6.45, 7) is 18.9. The van der Waals surface area contributed by atoms with Crippen LogP contribution in [0.2, 0.25) is 0 Å². The first kappa shape index (κ1) is 39.6. The third kappa shape index (κ3) is 15.0. The Morgan fingerprint density at radius 1 is 0.476 bits per heavy atom. The number of aliphatic hydroxyl groups excluding tert-OH is 3. The Morgan fingerprint density at radius 2 is 0.667 bits per heavy atom. The minimum absolute atomic E-state index is 0.0348. The zero-order valence-corrected chi connectivity index (χ0v) is 28.4. The summed E-state index contributed by atoms with van der Waals surface area (Å²) in [5, 5.41) is 33.7. The van der Waals surface area contributed by atoms with E-state index >= 15 is 0 Å². The fraction of sp³-hybridized carbons (Fsp3) is 1.00. The molecule has 0 amide bonds. The summed E-state index contributed by atoms with van der Waals surface area (Å²) < 4.78 is 44.0. The molecule has 0 radical (unpaired) electrons. The Morgan fingerprint density at radius 3 is 0.810 bits per heavy atom. The molecular formula is C33H66F3N3O3. The quantitative estimate of drug-likeness (QED) is 0.180. The van der Waals surface area contributed by atoms with Crippen LogP contribution in [0.4, 0.5) is 13.2 Å². The van der Waals surface area contributed by atoms with Crippen molar-refractivity contribution >= 4 is 0 Å². The van der Waals surface area contributed by atoms with Crippen LogP contribution in [0.5, 0.6) is 0 Å². The summed E-state index contributed by atoms with van der Waals surface area (Å²) in [5.41, 5.74) is -4.52. The molecule has 0 aliphatic carbocycles. The van der Waals surface area contributed by atoms with Gasteiger partial charge in [0.1, 0.15) is 17.0 Å². The van der Waals surface area contributed by atoms with Gasteiger partial charge in [-0.05, 0) is 60.8 Å². The number of alkyl halides is 3. The second-order valence-corrected chi connectivity index (χ2v) is 14.6. The second kappa shape index (κ2) is 17.9. The normalized spacial score (nSPS) is 22.1. The maximum atomic E-state index is 14.7. The Kier molecular flexibility index (Phi) is 16.9.